The summed E-state index contributed by atoms with van der Waals surface area (Å²) >= 11 is 0. The van der Waals surface area contributed by atoms with E-state index in [1.807, 2.05) is 0 Å². The first-order chi connectivity index (χ1) is 30.0. The Morgan fingerprint density at radius 1 is 0.475 bits per heavy atom. The van der Waals surface area contributed by atoms with E-state index in [9.17, 15) is 19.8 Å². The first-order valence-corrected chi connectivity index (χ1v) is 26.7. The van der Waals surface area contributed by atoms with Gasteiger partial charge in [-0.2, -0.15) is 0 Å². The molecular formula is C55H103NO5. The number of allylic oxidation sites excluding steroid dienone is 6. The van der Waals surface area contributed by atoms with Crippen LogP contribution in [0.4, 0.5) is 0 Å². The summed E-state index contributed by atoms with van der Waals surface area (Å²) in [6, 6.07) is -0.702. The van der Waals surface area contributed by atoms with Gasteiger partial charge in [0.05, 0.1) is 25.2 Å². The van der Waals surface area contributed by atoms with Gasteiger partial charge in [0.15, 0.2) is 0 Å². The van der Waals surface area contributed by atoms with Crippen LogP contribution in [0.2, 0.25) is 0 Å². The molecule has 0 aromatic rings. The van der Waals surface area contributed by atoms with Crippen LogP contribution in [0.1, 0.15) is 278 Å². The van der Waals surface area contributed by atoms with Crippen molar-refractivity contribution in [2.45, 2.75) is 296 Å². The van der Waals surface area contributed by atoms with E-state index < -0.39 is 18.2 Å². The van der Waals surface area contributed by atoms with E-state index in [1.165, 1.54) is 167 Å². The minimum Gasteiger partial charge on any atom is -0.462 e. The van der Waals surface area contributed by atoms with Crippen LogP contribution in [0, 0.1) is 0 Å². The molecule has 0 aromatic heterocycles. The lowest BCUT2D eigenvalue weighted by molar-refractivity contribution is -0.151. The van der Waals surface area contributed by atoms with E-state index in [2.05, 4.69) is 62.5 Å². The number of carbonyl (C=O) groups is 2. The largest absolute Gasteiger partial charge is 0.462 e. The Labute approximate surface area is 379 Å². The molecule has 358 valence electrons. The molecule has 0 aliphatic rings. The number of rotatable bonds is 48. The molecule has 0 aromatic carbocycles. The van der Waals surface area contributed by atoms with Crippen molar-refractivity contribution >= 4 is 11.9 Å². The van der Waals surface area contributed by atoms with Gasteiger partial charge >= 0.3 is 5.97 Å². The van der Waals surface area contributed by atoms with Crippen molar-refractivity contribution in [3.63, 3.8) is 0 Å². The second-order valence-electron chi connectivity index (χ2n) is 18.3. The van der Waals surface area contributed by atoms with Gasteiger partial charge in [0.25, 0.3) is 0 Å². The molecule has 3 N–H and O–H groups in total. The number of nitrogens with one attached hydrogen (secondary N) is 1. The molecule has 0 aliphatic carbocycles. The smallest absolute Gasteiger partial charge is 0.306 e. The molecule has 3 atom stereocenters. The van der Waals surface area contributed by atoms with Crippen LogP contribution < -0.4 is 5.32 Å². The topological polar surface area (TPSA) is 95.9 Å². The van der Waals surface area contributed by atoms with Gasteiger partial charge in [0.1, 0.15) is 6.10 Å². The zero-order valence-electron chi connectivity index (χ0n) is 40.8. The molecule has 0 saturated carbocycles. The highest BCUT2D eigenvalue weighted by molar-refractivity contribution is 5.77. The molecule has 61 heavy (non-hydrogen) atoms. The Hall–Kier alpha value is -1.92. The number of amides is 1. The Morgan fingerprint density at radius 2 is 0.836 bits per heavy atom. The zero-order chi connectivity index (χ0) is 44.5. The average Bonchev–Trinajstić information content (AvgIpc) is 3.25. The summed E-state index contributed by atoms with van der Waals surface area (Å²) in [5, 5.41) is 23.8. The molecular weight excluding hydrogens is 755 g/mol. The Balaban J connectivity index is 4.50. The molecule has 0 bridgehead atoms. The van der Waals surface area contributed by atoms with Gasteiger partial charge < -0.3 is 20.3 Å². The molecule has 0 rings (SSSR count). The molecule has 0 spiro atoms. The van der Waals surface area contributed by atoms with Gasteiger partial charge in [0.2, 0.25) is 5.91 Å². The summed E-state index contributed by atoms with van der Waals surface area (Å²) in [6.45, 7) is 6.47. The number of unbranched alkanes of at least 4 members (excludes halogenated alkanes) is 32. The summed E-state index contributed by atoms with van der Waals surface area (Å²) in [6.07, 6.45) is 57.7. The van der Waals surface area contributed by atoms with Crippen LogP contribution in [-0.4, -0.2) is 46.9 Å². The van der Waals surface area contributed by atoms with Gasteiger partial charge in [-0.1, -0.05) is 250 Å². The van der Waals surface area contributed by atoms with E-state index in [-0.39, 0.29) is 24.9 Å². The number of esters is 1. The lowest BCUT2D eigenvalue weighted by Gasteiger charge is -2.24. The number of aliphatic hydroxyl groups excluding tert-OH is 2. The molecule has 3 unspecified atom stereocenters. The molecule has 0 heterocycles. The molecule has 1 amide bonds. The van der Waals surface area contributed by atoms with Gasteiger partial charge in [-0.25, -0.2) is 0 Å². The van der Waals surface area contributed by atoms with Crippen molar-refractivity contribution in [2.24, 2.45) is 0 Å². The number of carbonyl (C=O) groups excluding carboxylic acids is 2. The highest BCUT2D eigenvalue weighted by atomic mass is 16.5. The quantitative estimate of drug-likeness (QED) is 0.0322. The average molecular weight is 858 g/mol. The first-order valence-electron chi connectivity index (χ1n) is 26.7. The van der Waals surface area contributed by atoms with Crippen LogP contribution in [0.3, 0.4) is 0 Å². The van der Waals surface area contributed by atoms with E-state index >= 15 is 0 Å². The van der Waals surface area contributed by atoms with Gasteiger partial charge in [-0.3, -0.25) is 9.59 Å². The van der Waals surface area contributed by atoms with E-state index in [0.717, 1.165) is 64.2 Å². The van der Waals surface area contributed by atoms with Crippen molar-refractivity contribution in [3.8, 4) is 0 Å². The summed E-state index contributed by atoms with van der Waals surface area (Å²) in [4.78, 5) is 26.1. The van der Waals surface area contributed by atoms with Crippen molar-refractivity contribution in [3.05, 3.63) is 36.5 Å². The van der Waals surface area contributed by atoms with Crippen molar-refractivity contribution in [1.82, 2.24) is 5.32 Å². The Kier molecular flexibility index (Phi) is 47.6. The number of aliphatic hydroxyl groups is 2. The number of hydrogen-bond acceptors (Lipinski definition) is 5. The summed E-state index contributed by atoms with van der Waals surface area (Å²) in [7, 11) is 0. The lowest BCUT2D eigenvalue weighted by Crippen LogP contribution is -2.46. The highest BCUT2D eigenvalue weighted by Gasteiger charge is 2.24. The number of hydrogen-bond donors (Lipinski definition) is 3. The maximum Gasteiger partial charge on any atom is 0.306 e. The lowest BCUT2D eigenvalue weighted by atomic mass is 10.0. The second kappa shape index (κ2) is 49.1. The van der Waals surface area contributed by atoms with Crippen molar-refractivity contribution in [2.75, 3.05) is 6.61 Å². The third-order valence-corrected chi connectivity index (χ3v) is 12.3. The predicted octanol–water partition coefficient (Wildman–Crippen LogP) is 16.1. The predicted molar refractivity (Wildman–Crippen MR) is 264 cm³/mol. The minimum atomic E-state index is -0.788. The van der Waals surface area contributed by atoms with E-state index in [1.54, 1.807) is 0 Å². The van der Waals surface area contributed by atoms with E-state index in [4.69, 9.17) is 4.74 Å². The normalized spacial score (nSPS) is 13.5. The van der Waals surface area contributed by atoms with Crippen molar-refractivity contribution < 1.29 is 24.5 Å². The van der Waals surface area contributed by atoms with Crippen LogP contribution in [0.5, 0.6) is 0 Å². The number of ether oxygens (including phenoxy) is 1. The third kappa shape index (κ3) is 44.5. The highest BCUT2D eigenvalue weighted by Crippen LogP contribution is 2.18. The maximum atomic E-state index is 13.2. The fourth-order valence-electron chi connectivity index (χ4n) is 8.20. The van der Waals surface area contributed by atoms with Gasteiger partial charge in [0, 0.05) is 6.42 Å². The standard InChI is InChI=1S/C55H103NO5/c1-4-7-10-13-16-19-22-24-26-27-28-29-31-33-36-39-42-45-48-55(60)61-51(46-43-40-37-34-21-18-15-12-9-6-3)49-54(59)56-52(50-57)53(58)47-44-41-38-35-32-30-25-23-20-17-14-11-8-5-2/h22,24,26-29,51-53,57-58H,4-21,23,25,30-50H2,1-3H3,(H,56,59)/b24-22+,27-26+,29-28+. The molecule has 0 saturated heterocycles. The second-order valence-corrected chi connectivity index (χ2v) is 18.3. The monoisotopic (exact) mass is 858 g/mol. The van der Waals surface area contributed by atoms with Gasteiger partial charge in [-0.05, 0) is 51.4 Å². The molecule has 0 aliphatic heterocycles. The van der Waals surface area contributed by atoms with E-state index in [0.29, 0.717) is 19.3 Å². The van der Waals surface area contributed by atoms with Crippen LogP contribution in [0.25, 0.3) is 0 Å². The fraction of sp³-hybridized carbons (Fsp3) is 0.855. The maximum absolute atomic E-state index is 13.2. The molecule has 6 nitrogen and oxygen atoms in total. The SMILES string of the molecule is CCCCCCC/C=C/C=C/C=C/CCCCCCCC(=O)OC(CCCCCCCCCCCC)CC(=O)NC(CO)C(O)CCCCCCCCCCCCCCCC. The van der Waals surface area contributed by atoms with Crippen molar-refractivity contribution in [1.29, 1.82) is 0 Å². The fourth-order valence-corrected chi connectivity index (χ4v) is 8.20. The molecule has 6 heteroatoms. The van der Waals surface area contributed by atoms with Crippen LogP contribution in [-0.2, 0) is 14.3 Å². The Morgan fingerprint density at radius 3 is 1.25 bits per heavy atom. The minimum absolute atomic E-state index is 0.0728. The Bertz CT molecular complexity index is 1010. The van der Waals surface area contributed by atoms with Gasteiger partial charge in [-0.15, -0.1) is 0 Å². The summed E-state index contributed by atoms with van der Waals surface area (Å²) in [5.74, 6) is -0.486. The van der Waals surface area contributed by atoms with Crippen LogP contribution >= 0.6 is 0 Å². The summed E-state index contributed by atoms with van der Waals surface area (Å²) in [5.41, 5.74) is 0. The summed E-state index contributed by atoms with van der Waals surface area (Å²) < 4.78 is 5.92. The molecule has 0 radical (unpaired) electrons. The van der Waals surface area contributed by atoms with Crippen LogP contribution in [0.15, 0.2) is 36.5 Å². The zero-order valence-corrected chi connectivity index (χ0v) is 40.8. The first kappa shape index (κ1) is 59.1. The molecule has 0 fully saturated rings. The third-order valence-electron chi connectivity index (χ3n) is 12.3.